The van der Waals surface area contributed by atoms with Crippen molar-refractivity contribution in [2.24, 2.45) is 11.5 Å². The van der Waals surface area contributed by atoms with Gasteiger partial charge in [0.15, 0.2) is 11.2 Å². The van der Waals surface area contributed by atoms with Crippen molar-refractivity contribution in [2.45, 2.75) is 75.3 Å². The van der Waals surface area contributed by atoms with E-state index in [1.54, 1.807) is 0 Å². The lowest BCUT2D eigenvalue weighted by Gasteiger charge is -2.25. The number of rotatable bonds is 9. The zero-order chi connectivity index (χ0) is 24.3. The summed E-state index contributed by atoms with van der Waals surface area (Å²) in [5, 5.41) is 0. The standard InChI is InChI=1S/C21H31N7O6/c22-19-26-15-14(16(29)27-19)25-11-28(15)12-34-13(9-32-17(30)20(23)5-1-2-6-20)10-33-18(31)21(24)7-3-4-8-21/h11,13H,1-10,12,23-24H2,(H3,22,26,27,29). The van der Waals surface area contributed by atoms with Gasteiger partial charge in [0.25, 0.3) is 5.56 Å². The van der Waals surface area contributed by atoms with Gasteiger partial charge in [-0.1, -0.05) is 25.7 Å². The molecular weight excluding hydrogens is 446 g/mol. The summed E-state index contributed by atoms with van der Waals surface area (Å²) in [6.45, 7) is -0.454. The van der Waals surface area contributed by atoms with Crippen LogP contribution in [-0.4, -0.2) is 61.9 Å². The number of aromatic amines is 1. The molecule has 2 heterocycles. The third kappa shape index (κ3) is 5.05. The molecule has 0 unspecified atom stereocenters. The van der Waals surface area contributed by atoms with Gasteiger partial charge in [-0.15, -0.1) is 0 Å². The highest BCUT2D eigenvalue weighted by Gasteiger charge is 2.40. The van der Waals surface area contributed by atoms with Crippen LogP contribution in [0.2, 0.25) is 0 Å². The maximum atomic E-state index is 12.5. The summed E-state index contributed by atoms with van der Waals surface area (Å²) in [5.74, 6) is -1.08. The minimum atomic E-state index is -1.00. The van der Waals surface area contributed by atoms with Crippen LogP contribution in [-0.2, 0) is 30.5 Å². The molecule has 2 aromatic heterocycles. The Hall–Kier alpha value is -3.03. The molecule has 2 aliphatic carbocycles. The van der Waals surface area contributed by atoms with Crippen LogP contribution in [0.25, 0.3) is 11.2 Å². The summed E-state index contributed by atoms with van der Waals surface area (Å²) in [6, 6.07) is 0. The van der Waals surface area contributed by atoms with E-state index in [9.17, 15) is 14.4 Å². The molecule has 0 atom stereocenters. The Morgan fingerprint density at radius 1 is 1.03 bits per heavy atom. The third-order valence-corrected chi connectivity index (χ3v) is 6.55. The molecule has 186 valence electrons. The number of H-pyrrole nitrogens is 1. The molecule has 7 N–H and O–H groups in total. The molecule has 0 aliphatic heterocycles. The van der Waals surface area contributed by atoms with Crippen molar-refractivity contribution in [1.82, 2.24) is 19.5 Å². The summed E-state index contributed by atoms with van der Waals surface area (Å²) >= 11 is 0. The summed E-state index contributed by atoms with van der Waals surface area (Å²) in [4.78, 5) is 47.6. The highest BCUT2D eigenvalue weighted by Crippen LogP contribution is 2.29. The lowest BCUT2D eigenvalue weighted by molar-refractivity contribution is -0.163. The molecule has 0 amide bonds. The largest absolute Gasteiger partial charge is 0.461 e. The maximum Gasteiger partial charge on any atom is 0.326 e. The van der Waals surface area contributed by atoms with Crippen LogP contribution in [0.5, 0.6) is 0 Å². The molecule has 2 aliphatic rings. The third-order valence-electron chi connectivity index (χ3n) is 6.55. The van der Waals surface area contributed by atoms with Crippen LogP contribution >= 0.6 is 0 Å². The van der Waals surface area contributed by atoms with Crippen molar-refractivity contribution in [1.29, 1.82) is 0 Å². The zero-order valence-electron chi connectivity index (χ0n) is 19.0. The van der Waals surface area contributed by atoms with Crippen LogP contribution in [0.1, 0.15) is 51.4 Å². The van der Waals surface area contributed by atoms with E-state index >= 15 is 0 Å². The van der Waals surface area contributed by atoms with E-state index in [4.69, 9.17) is 31.4 Å². The first-order valence-electron chi connectivity index (χ1n) is 11.4. The minimum Gasteiger partial charge on any atom is -0.461 e. The van der Waals surface area contributed by atoms with Gasteiger partial charge in [0.05, 0.1) is 6.33 Å². The van der Waals surface area contributed by atoms with Gasteiger partial charge in [-0.2, -0.15) is 4.98 Å². The number of carbonyl (C=O) groups excluding carboxylic acids is 2. The predicted octanol–water partition coefficient (Wildman–Crippen LogP) is -0.326. The van der Waals surface area contributed by atoms with Gasteiger partial charge in [-0.25, -0.2) is 4.98 Å². The zero-order valence-corrected chi connectivity index (χ0v) is 19.0. The van der Waals surface area contributed by atoms with Crippen LogP contribution in [0.3, 0.4) is 0 Å². The van der Waals surface area contributed by atoms with Gasteiger partial charge in [0, 0.05) is 0 Å². The summed E-state index contributed by atoms with van der Waals surface area (Å²) in [6.07, 6.45) is 6.28. The summed E-state index contributed by atoms with van der Waals surface area (Å²) < 4.78 is 18.2. The number of aromatic nitrogens is 4. The number of nitrogen functional groups attached to an aromatic ring is 1. The molecule has 13 heteroatoms. The SMILES string of the molecule is Nc1nc2c(ncn2COC(COC(=O)C2(N)CCCC2)COC(=O)C2(N)CCCC2)c(=O)[nH]1. The van der Waals surface area contributed by atoms with Gasteiger partial charge in [0.2, 0.25) is 5.95 Å². The molecule has 34 heavy (non-hydrogen) atoms. The molecule has 0 spiro atoms. The van der Waals surface area contributed by atoms with Crippen molar-refractivity contribution in [3.63, 3.8) is 0 Å². The number of nitrogens with two attached hydrogens (primary N) is 3. The highest BCUT2D eigenvalue weighted by molar-refractivity contribution is 5.81. The Labute approximate surface area is 195 Å². The number of nitrogens with one attached hydrogen (secondary N) is 1. The fourth-order valence-electron chi connectivity index (χ4n) is 4.44. The molecule has 0 radical (unpaired) electrons. The molecule has 2 fully saturated rings. The number of ether oxygens (including phenoxy) is 3. The molecule has 13 nitrogen and oxygen atoms in total. The van der Waals surface area contributed by atoms with Gasteiger partial charge in [0.1, 0.15) is 37.1 Å². The first-order chi connectivity index (χ1) is 16.2. The van der Waals surface area contributed by atoms with Gasteiger partial charge < -0.3 is 31.4 Å². The van der Waals surface area contributed by atoms with Crippen molar-refractivity contribution >= 4 is 29.1 Å². The van der Waals surface area contributed by atoms with E-state index in [2.05, 4.69) is 15.0 Å². The highest BCUT2D eigenvalue weighted by atomic mass is 16.6. The van der Waals surface area contributed by atoms with E-state index in [1.807, 2.05) is 0 Å². The number of imidazole rings is 1. The second-order valence-corrected chi connectivity index (χ2v) is 9.18. The summed E-state index contributed by atoms with van der Waals surface area (Å²) in [5.41, 5.74) is 15.8. The number of anilines is 1. The molecule has 4 rings (SSSR count). The van der Waals surface area contributed by atoms with Crippen LogP contribution in [0, 0.1) is 0 Å². The van der Waals surface area contributed by atoms with E-state index in [1.165, 1.54) is 10.9 Å². The Morgan fingerprint density at radius 3 is 2.09 bits per heavy atom. The van der Waals surface area contributed by atoms with E-state index < -0.39 is 34.7 Å². The number of hydrogen-bond donors (Lipinski definition) is 4. The van der Waals surface area contributed by atoms with Crippen molar-refractivity contribution in [2.75, 3.05) is 18.9 Å². The predicted molar refractivity (Wildman–Crippen MR) is 120 cm³/mol. The smallest absolute Gasteiger partial charge is 0.326 e. The molecule has 2 saturated carbocycles. The molecule has 0 aromatic carbocycles. The molecular formula is C21H31N7O6. The number of fused-ring (bicyclic) bond motifs is 1. The van der Waals surface area contributed by atoms with Gasteiger partial charge in [-0.3, -0.25) is 23.9 Å². The average Bonchev–Trinajstić information content (AvgIpc) is 3.54. The first-order valence-corrected chi connectivity index (χ1v) is 11.4. The van der Waals surface area contributed by atoms with Gasteiger partial charge in [-0.05, 0) is 25.7 Å². The van der Waals surface area contributed by atoms with Crippen molar-refractivity contribution in [3.05, 3.63) is 16.7 Å². The first kappa shape index (κ1) is 24.1. The lowest BCUT2D eigenvalue weighted by Crippen LogP contribution is -2.48. The van der Waals surface area contributed by atoms with Crippen molar-refractivity contribution < 1.29 is 23.8 Å². The monoisotopic (exact) mass is 477 g/mol. The lowest BCUT2D eigenvalue weighted by atomic mass is 10.00. The second-order valence-electron chi connectivity index (χ2n) is 9.18. The average molecular weight is 478 g/mol. The number of carbonyl (C=O) groups is 2. The Bertz CT molecular complexity index is 1060. The Balaban J connectivity index is 1.42. The molecule has 0 bridgehead atoms. The van der Waals surface area contributed by atoms with E-state index in [0.717, 1.165) is 25.7 Å². The minimum absolute atomic E-state index is 0.0618. The molecule has 2 aromatic rings. The fraction of sp³-hybridized carbons (Fsp3) is 0.667. The van der Waals surface area contributed by atoms with E-state index in [-0.39, 0.29) is 37.1 Å². The van der Waals surface area contributed by atoms with Gasteiger partial charge >= 0.3 is 11.9 Å². The normalized spacial score (nSPS) is 19.0. The van der Waals surface area contributed by atoms with Crippen LogP contribution < -0.4 is 22.8 Å². The second kappa shape index (κ2) is 9.68. The Morgan fingerprint density at radius 2 is 1.56 bits per heavy atom. The van der Waals surface area contributed by atoms with Crippen molar-refractivity contribution in [3.8, 4) is 0 Å². The van der Waals surface area contributed by atoms with Crippen LogP contribution in [0.4, 0.5) is 5.95 Å². The fourth-order valence-corrected chi connectivity index (χ4v) is 4.44. The molecule has 0 saturated heterocycles. The Kier molecular flexibility index (Phi) is 6.86. The number of nitrogens with zero attached hydrogens (tertiary/aromatic N) is 3. The number of hydrogen-bond acceptors (Lipinski definition) is 11. The maximum absolute atomic E-state index is 12.5. The number of esters is 2. The topological polar surface area (TPSA) is 203 Å². The summed E-state index contributed by atoms with van der Waals surface area (Å²) in [7, 11) is 0. The van der Waals surface area contributed by atoms with E-state index in [0.29, 0.717) is 25.7 Å². The quantitative estimate of drug-likeness (QED) is 0.344. The van der Waals surface area contributed by atoms with Crippen LogP contribution in [0.15, 0.2) is 11.1 Å².